The van der Waals surface area contributed by atoms with E-state index in [4.69, 9.17) is 5.73 Å². The van der Waals surface area contributed by atoms with Crippen LogP contribution in [0.15, 0.2) is 23.8 Å². The molecule has 3 nitrogen and oxygen atoms in total. The predicted molar refractivity (Wildman–Crippen MR) is 62.8 cm³/mol. The van der Waals surface area contributed by atoms with Gasteiger partial charge >= 0.3 is 0 Å². The second kappa shape index (κ2) is 4.51. The van der Waals surface area contributed by atoms with E-state index < -0.39 is 0 Å². The normalized spacial score (nSPS) is 10.5. The third-order valence-corrected chi connectivity index (χ3v) is 3.01. The lowest BCUT2D eigenvalue weighted by atomic mass is 10.2. The summed E-state index contributed by atoms with van der Waals surface area (Å²) in [5.41, 5.74) is 8.80. The number of pyridine rings is 1. The molecule has 2 aromatic rings. The lowest BCUT2D eigenvalue weighted by molar-refractivity contribution is 0.936. The molecule has 2 N–H and O–H groups in total. The Balaban J connectivity index is 2.29. The topological polar surface area (TPSA) is 51.8 Å². The van der Waals surface area contributed by atoms with Crippen LogP contribution in [0.4, 0.5) is 0 Å². The molecule has 78 valence electrons. The Labute approximate surface area is 93.0 Å². The van der Waals surface area contributed by atoms with Gasteiger partial charge in [-0.05, 0) is 25.1 Å². The molecule has 2 heterocycles. The second-order valence-corrected chi connectivity index (χ2v) is 4.29. The first-order chi connectivity index (χ1) is 7.29. The lowest BCUT2D eigenvalue weighted by Crippen LogP contribution is -2.02. The van der Waals surface area contributed by atoms with Crippen molar-refractivity contribution in [3.8, 4) is 10.6 Å². The van der Waals surface area contributed by atoms with Gasteiger partial charge in [-0.1, -0.05) is 0 Å². The first-order valence-electron chi connectivity index (χ1n) is 4.86. The van der Waals surface area contributed by atoms with E-state index in [-0.39, 0.29) is 0 Å². The predicted octanol–water partition coefficient (Wildman–Crippen LogP) is 2.01. The summed E-state index contributed by atoms with van der Waals surface area (Å²) in [5.74, 6) is 0. The highest BCUT2D eigenvalue weighted by atomic mass is 32.1. The van der Waals surface area contributed by atoms with E-state index in [2.05, 4.69) is 21.4 Å². The summed E-state index contributed by atoms with van der Waals surface area (Å²) in [5, 5.41) is 3.08. The molecule has 0 aromatic carbocycles. The standard InChI is InChI=1S/C11H13N3S/c1-8-4-9(6-13-5-8)11-14-10(2-3-12)7-15-11/h4-7H,2-3,12H2,1H3. The van der Waals surface area contributed by atoms with Crippen molar-refractivity contribution < 1.29 is 0 Å². The Kier molecular flexibility index (Phi) is 3.08. The maximum atomic E-state index is 5.48. The molecule has 0 aliphatic heterocycles. The van der Waals surface area contributed by atoms with Crippen molar-refractivity contribution >= 4 is 11.3 Å². The van der Waals surface area contributed by atoms with Crippen molar-refractivity contribution in [2.75, 3.05) is 6.54 Å². The average Bonchev–Trinajstić information content (AvgIpc) is 2.67. The highest BCUT2D eigenvalue weighted by Gasteiger charge is 2.04. The maximum Gasteiger partial charge on any atom is 0.125 e. The summed E-state index contributed by atoms with van der Waals surface area (Å²) >= 11 is 1.64. The number of hydrogen-bond donors (Lipinski definition) is 1. The molecule has 0 bridgehead atoms. The van der Waals surface area contributed by atoms with Crippen LogP contribution in [0.25, 0.3) is 10.6 Å². The SMILES string of the molecule is Cc1cncc(-c2nc(CCN)cs2)c1. The summed E-state index contributed by atoms with van der Waals surface area (Å²) in [6.45, 7) is 2.68. The summed E-state index contributed by atoms with van der Waals surface area (Å²) in [4.78, 5) is 8.67. The monoisotopic (exact) mass is 219 g/mol. The largest absolute Gasteiger partial charge is 0.330 e. The number of nitrogens with zero attached hydrogens (tertiary/aromatic N) is 2. The van der Waals surface area contributed by atoms with Gasteiger partial charge in [0.05, 0.1) is 5.69 Å². The fourth-order valence-corrected chi connectivity index (χ4v) is 2.21. The maximum absolute atomic E-state index is 5.48. The van der Waals surface area contributed by atoms with Gasteiger partial charge in [-0.25, -0.2) is 4.98 Å². The van der Waals surface area contributed by atoms with Crippen LogP contribution in [-0.2, 0) is 6.42 Å². The molecule has 0 atom stereocenters. The van der Waals surface area contributed by atoms with Crippen LogP contribution in [0.3, 0.4) is 0 Å². The number of aryl methyl sites for hydroxylation is 1. The lowest BCUT2D eigenvalue weighted by Gasteiger charge is -1.96. The Morgan fingerprint density at radius 3 is 3.00 bits per heavy atom. The average molecular weight is 219 g/mol. The van der Waals surface area contributed by atoms with Crippen LogP contribution in [-0.4, -0.2) is 16.5 Å². The number of rotatable bonds is 3. The smallest absolute Gasteiger partial charge is 0.125 e. The van der Waals surface area contributed by atoms with E-state index in [1.807, 2.05) is 19.3 Å². The number of hydrogen-bond acceptors (Lipinski definition) is 4. The Bertz CT molecular complexity index is 451. The fourth-order valence-electron chi connectivity index (χ4n) is 1.37. The molecule has 15 heavy (non-hydrogen) atoms. The summed E-state index contributed by atoms with van der Waals surface area (Å²) in [6, 6.07) is 2.10. The molecule has 0 aliphatic carbocycles. The Morgan fingerprint density at radius 1 is 1.40 bits per heavy atom. The van der Waals surface area contributed by atoms with E-state index in [9.17, 15) is 0 Å². The zero-order valence-electron chi connectivity index (χ0n) is 8.60. The van der Waals surface area contributed by atoms with E-state index in [1.165, 1.54) is 0 Å². The molecule has 0 unspecified atom stereocenters. The van der Waals surface area contributed by atoms with E-state index in [0.29, 0.717) is 6.54 Å². The van der Waals surface area contributed by atoms with Crippen molar-refractivity contribution in [1.82, 2.24) is 9.97 Å². The van der Waals surface area contributed by atoms with E-state index in [0.717, 1.165) is 28.2 Å². The van der Waals surface area contributed by atoms with Gasteiger partial charge in [-0.2, -0.15) is 0 Å². The van der Waals surface area contributed by atoms with Crippen LogP contribution in [0.2, 0.25) is 0 Å². The molecule has 0 amide bonds. The van der Waals surface area contributed by atoms with Crippen molar-refractivity contribution in [2.45, 2.75) is 13.3 Å². The zero-order valence-corrected chi connectivity index (χ0v) is 9.42. The van der Waals surface area contributed by atoms with Crippen LogP contribution < -0.4 is 5.73 Å². The Morgan fingerprint density at radius 2 is 2.27 bits per heavy atom. The van der Waals surface area contributed by atoms with Gasteiger partial charge in [-0.3, -0.25) is 4.98 Å². The quantitative estimate of drug-likeness (QED) is 0.859. The molecular weight excluding hydrogens is 206 g/mol. The van der Waals surface area contributed by atoms with Crippen LogP contribution >= 0.6 is 11.3 Å². The first-order valence-corrected chi connectivity index (χ1v) is 5.74. The molecule has 0 saturated carbocycles. The summed E-state index contributed by atoms with van der Waals surface area (Å²) in [6.07, 6.45) is 4.53. The molecule has 2 aromatic heterocycles. The molecular formula is C11H13N3S. The molecule has 0 saturated heterocycles. The van der Waals surface area contributed by atoms with Crippen LogP contribution in [0.1, 0.15) is 11.3 Å². The van der Waals surface area contributed by atoms with Crippen molar-refractivity contribution in [2.24, 2.45) is 5.73 Å². The van der Waals surface area contributed by atoms with Gasteiger partial charge in [0.25, 0.3) is 0 Å². The van der Waals surface area contributed by atoms with Crippen LogP contribution in [0.5, 0.6) is 0 Å². The number of nitrogens with two attached hydrogens (primary N) is 1. The Hall–Kier alpha value is -1.26. The van der Waals surface area contributed by atoms with E-state index in [1.54, 1.807) is 11.3 Å². The van der Waals surface area contributed by atoms with Gasteiger partial charge in [-0.15, -0.1) is 11.3 Å². The number of thiazole rings is 1. The molecule has 0 radical (unpaired) electrons. The molecule has 0 fully saturated rings. The van der Waals surface area contributed by atoms with Crippen molar-refractivity contribution in [3.05, 3.63) is 35.1 Å². The van der Waals surface area contributed by atoms with Crippen molar-refractivity contribution in [3.63, 3.8) is 0 Å². The molecule has 0 spiro atoms. The van der Waals surface area contributed by atoms with Gasteiger partial charge in [0, 0.05) is 29.8 Å². The van der Waals surface area contributed by atoms with E-state index >= 15 is 0 Å². The first kappa shape index (κ1) is 10.3. The second-order valence-electron chi connectivity index (χ2n) is 3.43. The third kappa shape index (κ3) is 2.40. The third-order valence-electron chi connectivity index (χ3n) is 2.07. The summed E-state index contributed by atoms with van der Waals surface area (Å²) in [7, 11) is 0. The van der Waals surface area contributed by atoms with Crippen molar-refractivity contribution in [1.29, 1.82) is 0 Å². The molecule has 0 aliphatic rings. The fraction of sp³-hybridized carbons (Fsp3) is 0.273. The minimum absolute atomic E-state index is 0.648. The highest BCUT2D eigenvalue weighted by Crippen LogP contribution is 2.23. The zero-order chi connectivity index (χ0) is 10.7. The van der Waals surface area contributed by atoms with Gasteiger partial charge in [0.1, 0.15) is 5.01 Å². The van der Waals surface area contributed by atoms with Crippen LogP contribution in [0, 0.1) is 6.92 Å². The van der Waals surface area contributed by atoms with Gasteiger partial charge < -0.3 is 5.73 Å². The molecule has 4 heteroatoms. The van der Waals surface area contributed by atoms with Gasteiger partial charge in [0.15, 0.2) is 0 Å². The highest BCUT2D eigenvalue weighted by molar-refractivity contribution is 7.13. The minimum atomic E-state index is 0.648. The number of aromatic nitrogens is 2. The molecule has 2 rings (SSSR count). The minimum Gasteiger partial charge on any atom is -0.330 e. The van der Waals surface area contributed by atoms with Gasteiger partial charge in [0.2, 0.25) is 0 Å². The summed E-state index contributed by atoms with van der Waals surface area (Å²) < 4.78 is 0.